The summed E-state index contributed by atoms with van der Waals surface area (Å²) in [7, 11) is -3.22. The fraction of sp³-hybridized carbons (Fsp3) is 0.941. The number of hydrogen-bond acceptors (Lipinski definition) is 4. The van der Waals surface area contributed by atoms with Crippen molar-refractivity contribution in [3.8, 4) is 0 Å². The highest BCUT2D eigenvalue weighted by atomic mass is 35.5. The lowest BCUT2D eigenvalue weighted by molar-refractivity contribution is -0.142. The Morgan fingerprint density at radius 1 is 1.12 bits per heavy atom. The van der Waals surface area contributed by atoms with E-state index >= 15 is 0 Å². The fourth-order valence-electron chi connectivity index (χ4n) is 4.98. The summed E-state index contributed by atoms with van der Waals surface area (Å²) in [6.45, 7) is 1.09. The van der Waals surface area contributed by atoms with Gasteiger partial charge in [-0.05, 0) is 56.8 Å². The zero-order valence-corrected chi connectivity index (χ0v) is 16.7. The first-order valence-electron chi connectivity index (χ1n) is 9.36. The molecule has 6 nitrogen and oxygen atoms in total. The average molecular weight is 394 g/mol. The summed E-state index contributed by atoms with van der Waals surface area (Å²) >= 11 is 0. The number of hydrogen-bond donors (Lipinski definition) is 2. The second kappa shape index (κ2) is 8.55. The van der Waals surface area contributed by atoms with Gasteiger partial charge in [-0.15, -0.1) is 12.4 Å². The topological polar surface area (TPSA) is 92.5 Å². The number of nitrogens with zero attached hydrogens (tertiary/aromatic N) is 1. The average Bonchev–Trinajstić information content (AvgIpc) is 2.51. The van der Waals surface area contributed by atoms with Crippen molar-refractivity contribution in [2.45, 2.75) is 63.5 Å². The van der Waals surface area contributed by atoms with Gasteiger partial charge >= 0.3 is 0 Å². The minimum atomic E-state index is -3.22. The molecule has 3 N–H and O–H groups in total. The zero-order chi connectivity index (χ0) is 17.3. The van der Waals surface area contributed by atoms with Gasteiger partial charge < -0.3 is 10.6 Å². The van der Waals surface area contributed by atoms with E-state index in [1.54, 1.807) is 0 Å². The van der Waals surface area contributed by atoms with E-state index in [9.17, 15) is 13.2 Å². The molecule has 8 heteroatoms. The van der Waals surface area contributed by atoms with Crippen LogP contribution in [-0.4, -0.2) is 50.7 Å². The van der Waals surface area contributed by atoms with Crippen LogP contribution < -0.4 is 10.5 Å². The number of nitrogens with one attached hydrogen (secondary N) is 1. The smallest absolute Gasteiger partial charge is 0.225 e. The van der Waals surface area contributed by atoms with Crippen LogP contribution in [0.1, 0.15) is 51.4 Å². The third-order valence-electron chi connectivity index (χ3n) is 6.25. The maximum Gasteiger partial charge on any atom is 0.225 e. The lowest BCUT2D eigenvalue weighted by atomic mass is 9.64. The van der Waals surface area contributed by atoms with Gasteiger partial charge in [0.25, 0.3) is 0 Å². The van der Waals surface area contributed by atoms with Crippen LogP contribution in [0.5, 0.6) is 0 Å². The molecule has 1 amide bonds. The van der Waals surface area contributed by atoms with Crippen molar-refractivity contribution in [2.75, 3.05) is 19.3 Å². The SMILES string of the molecule is CS(=O)(=O)NCC1CCCCN1C(=O)C1CC2CCCC(C1)C2N.Cl. The second-order valence-electron chi connectivity index (χ2n) is 8.00. The van der Waals surface area contributed by atoms with Crippen LogP contribution in [0.25, 0.3) is 0 Å². The van der Waals surface area contributed by atoms with Crippen molar-refractivity contribution >= 4 is 28.3 Å². The predicted octanol–water partition coefficient (Wildman–Crippen LogP) is 1.49. The Bertz CT molecular complexity index is 557. The second-order valence-corrected chi connectivity index (χ2v) is 9.83. The Hall–Kier alpha value is -0.370. The number of halogens is 1. The van der Waals surface area contributed by atoms with Crippen LogP contribution in [0.2, 0.25) is 0 Å². The first kappa shape index (κ1) is 20.9. The highest BCUT2D eigenvalue weighted by Gasteiger charge is 2.42. The molecule has 0 aromatic carbocycles. The van der Waals surface area contributed by atoms with Gasteiger partial charge in [0.05, 0.1) is 6.26 Å². The summed E-state index contributed by atoms with van der Waals surface area (Å²) in [4.78, 5) is 15.1. The molecule has 3 aliphatic rings. The summed E-state index contributed by atoms with van der Waals surface area (Å²) in [6, 6.07) is 0.267. The quantitative estimate of drug-likeness (QED) is 0.756. The maximum atomic E-state index is 13.1. The van der Waals surface area contributed by atoms with E-state index in [0.717, 1.165) is 51.5 Å². The van der Waals surface area contributed by atoms with Crippen molar-refractivity contribution in [3.05, 3.63) is 0 Å². The molecule has 146 valence electrons. The molecule has 25 heavy (non-hydrogen) atoms. The predicted molar refractivity (Wildman–Crippen MR) is 101 cm³/mol. The number of fused-ring (bicyclic) bond motifs is 2. The van der Waals surface area contributed by atoms with Gasteiger partial charge in [0.15, 0.2) is 0 Å². The Labute approximate surface area is 157 Å². The molecule has 2 aliphatic carbocycles. The van der Waals surface area contributed by atoms with Gasteiger partial charge in [0, 0.05) is 31.1 Å². The number of nitrogens with two attached hydrogens (primary N) is 1. The maximum absolute atomic E-state index is 13.1. The molecular formula is C17H32ClN3O3S. The first-order chi connectivity index (χ1) is 11.3. The van der Waals surface area contributed by atoms with Crippen molar-refractivity contribution in [1.82, 2.24) is 9.62 Å². The van der Waals surface area contributed by atoms with Crippen molar-refractivity contribution in [3.63, 3.8) is 0 Å². The van der Waals surface area contributed by atoms with E-state index in [1.807, 2.05) is 4.90 Å². The van der Waals surface area contributed by atoms with Crippen molar-refractivity contribution in [2.24, 2.45) is 23.5 Å². The lowest BCUT2D eigenvalue weighted by Gasteiger charge is -2.46. The third kappa shape index (κ3) is 5.08. The molecule has 0 aromatic rings. The number of carbonyl (C=O) groups excluding carboxylic acids is 1. The molecule has 0 spiro atoms. The number of rotatable bonds is 4. The van der Waals surface area contributed by atoms with Crippen LogP contribution in [0, 0.1) is 17.8 Å². The number of carbonyl (C=O) groups is 1. The molecule has 0 radical (unpaired) electrons. The van der Waals surface area contributed by atoms with E-state index in [2.05, 4.69) is 4.72 Å². The van der Waals surface area contributed by atoms with Crippen LogP contribution in [0.15, 0.2) is 0 Å². The van der Waals surface area contributed by atoms with Gasteiger partial charge in [-0.2, -0.15) is 0 Å². The van der Waals surface area contributed by atoms with Crippen molar-refractivity contribution < 1.29 is 13.2 Å². The number of amides is 1. The summed E-state index contributed by atoms with van der Waals surface area (Å²) in [5, 5.41) is 0. The van der Waals surface area contributed by atoms with E-state index in [0.29, 0.717) is 18.4 Å². The Kier molecular flexibility index (Phi) is 7.16. The Balaban J connectivity index is 0.00000225. The van der Waals surface area contributed by atoms with E-state index in [4.69, 9.17) is 5.73 Å². The van der Waals surface area contributed by atoms with Gasteiger partial charge in [-0.3, -0.25) is 4.79 Å². The standard InChI is InChI=1S/C17H31N3O3S.ClH/c1-24(22,23)19-11-15-7-2-3-8-20(15)17(21)14-9-12-5-4-6-13(10-14)16(12)18;/h12-16,19H,2-11,18H2,1H3;1H. The number of sulfonamides is 1. The molecule has 2 bridgehead atoms. The number of piperidine rings is 1. The van der Waals surface area contributed by atoms with Gasteiger partial charge in [0.1, 0.15) is 0 Å². The summed E-state index contributed by atoms with van der Waals surface area (Å²) < 4.78 is 25.4. The molecule has 3 rings (SSSR count). The number of likely N-dealkylation sites (tertiary alicyclic amines) is 1. The van der Waals surface area contributed by atoms with E-state index < -0.39 is 10.0 Å². The third-order valence-corrected chi connectivity index (χ3v) is 6.94. The van der Waals surface area contributed by atoms with E-state index in [1.165, 1.54) is 12.7 Å². The molecule has 2 saturated carbocycles. The minimum absolute atomic E-state index is 0. The van der Waals surface area contributed by atoms with Gasteiger partial charge in [-0.1, -0.05) is 6.42 Å². The summed E-state index contributed by atoms with van der Waals surface area (Å²) in [6.07, 6.45) is 9.51. The normalized spacial score (nSPS) is 35.8. The summed E-state index contributed by atoms with van der Waals surface area (Å²) in [5.74, 6) is 1.30. The van der Waals surface area contributed by atoms with Crippen LogP contribution >= 0.6 is 12.4 Å². The zero-order valence-electron chi connectivity index (χ0n) is 15.0. The molecule has 3 atom stereocenters. The summed E-state index contributed by atoms with van der Waals surface area (Å²) in [5.41, 5.74) is 6.35. The molecule has 1 heterocycles. The molecule has 1 aliphatic heterocycles. The van der Waals surface area contributed by atoms with Crippen molar-refractivity contribution in [1.29, 1.82) is 0 Å². The fourth-order valence-corrected chi connectivity index (χ4v) is 5.47. The Morgan fingerprint density at radius 2 is 1.76 bits per heavy atom. The highest BCUT2D eigenvalue weighted by Crippen LogP contribution is 2.42. The van der Waals surface area contributed by atoms with Crippen LogP contribution in [0.4, 0.5) is 0 Å². The first-order valence-corrected chi connectivity index (χ1v) is 11.2. The van der Waals surface area contributed by atoms with Gasteiger partial charge in [0.2, 0.25) is 15.9 Å². The molecular weight excluding hydrogens is 362 g/mol. The lowest BCUT2D eigenvalue weighted by Crippen LogP contribution is -2.54. The highest BCUT2D eigenvalue weighted by molar-refractivity contribution is 7.88. The molecule has 3 fully saturated rings. The van der Waals surface area contributed by atoms with Crippen LogP contribution in [0.3, 0.4) is 0 Å². The molecule has 0 aromatic heterocycles. The molecule has 3 unspecified atom stereocenters. The Morgan fingerprint density at radius 3 is 2.36 bits per heavy atom. The van der Waals surface area contributed by atoms with E-state index in [-0.39, 0.29) is 36.3 Å². The monoisotopic (exact) mass is 393 g/mol. The van der Waals surface area contributed by atoms with Crippen LogP contribution in [-0.2, 0) is 14.8 Å². The minimum Gasteiger partial charge on any atom is -0.338 e. The largest absolute Gasteiger partial charge is 0.338 e. The van der Waals surface area contributed by atoms with Gasteiger partial charge in [-0.25, -0.2) is 13.1 Å². The molecule has 1 saturated heterocycles.